The van der Waals surface area contributed by atoms with Gasteiger partial charge in [0.25, 0.3) is 5.91 Å². The standard InChI is InChI=1S/C19H26N2O3/c1-5-14(2)16-11-17(24-20-16)18(22)21(13-19(3,4)23)12-15-9-7-6-8-10-15/h6-11,14,23H,5,12-13H2,1-4H3. The summed E-state index contributed by atoms with van der Waals surface area (Å²) in [7, 11) is 0. The molecule has 0 aliphatic heterocycles. The second kappa shape index (κ2) is 7.62. The summed E-state index contributed by atoms with van der Waals surface area (Å²) in [4.78, 5) is 14.4. The van der Waals surface area contributed by atoms with Gasteiger partial charge in [0.15, 0.2) is 0 Å². The number of nitrogens with zero attached hydrogens (tertiary/aromatic N) is 2. The maximum atomic E-state index is 12.8. The monoisotopic (exact) mass is 330 g/mol. The van der Waals surface area contributed by atoms with Gasteiger partial charge in [0, 0.05) is 25.1 Å². The molecule has 24 heavy (non-hydrogen) atoms. The number of aromatic nitrogens is 1. The van der Waals surface area contributed by atoms with Gasteiger partial charge in [-0.05, 0) is 25.8 Å². The SMILES string of the molecule is CCC(C)c1cc(C(=O)N(Cc2ccccc2)CC(C)(C)O)on1. The highest BCUT2D eigenvalue weighted by atomic mass is 16.5. The van der Waals surface area contributed by atoms with Crippen LogP contribution >= 0.6 is 0 Å². The highest BCUT2D eigenvalue weighted by Gasteiger charge is 2.26. The predicted molar refractivity (Wildman–Crippen MR) is 92.7 cm³/mol. The third kappa shape index (κ3) is 4.93. The van der Waals surface area contributed by atoms with Crippen molar-refractivity contribution >= 4 is 5.91 Å². The highest BCUT2D eigenvalue weighted by Crippen LogP contribution is 2.20. The summed E-state index contributed by atoms with van der Waals surface area (Å²) in [5.41, 5.74) is 0.782. The van der Waals surface area contributed by atoms with E-state index in [1.54, 1.807) is 24.8 Å². The smallest absolute Gasteiger partial charge is 0.292 e. The molecule has 0 bridgehead atoms. The summed E-state index contributed by atoms with van der Waals surface area (Å²) in [5.74, 6) is 0.195. The molecule has 1 heterocycles. The molecule has 1 aromatic heterocycles. The molecule has 0 radical (unpaired) electrons. The van der Waals surface area contributed by atoms with Crippen molar-refractivity contribution in [2.45, 2.75) is 52.2 Å². The first-order valence-electron chi connectivity index (χ1n) is 8.32. The number of amides is 1. The van der Waals surface area contributed by atoms with Gasteiger partial charge in [-0.3, -0.25) is 4.79 Å². The van der Waals surface area contributed by atoms with Gasteiger partial charge in [-0.1, -0.05) is 49.3 Å². The van der Waals surface area contributed by atoms with E-state index in [0.29, 0.717) is 6.54 Å². The molecular weight excluding hydrogens is 304 g/mol. The Morgan fingerprint density at radius 1 is 1.33 bits per heavy atom. The van der Waals surface area contributed by atoms with E-state index in [1.807, 2.05) is 37.3 Å². The van der Waals surface area contributed by atoms with Crippen LogP contribution in [-0.4, -0.2) is 33.2 Å². The van der Waals surface area contributed by atoms with Crippen molar-refractivity contribution in [3.63, 3.8) is 0 Å². The Hall–Kier alpha value is -2.14. The molecule has 1 N–H and O–H groups in total. The number of rotatable bonds is 7. The number of hydrogen-bond donors (Lipinski definition) is 1. The Bertz CT molecular complexity index is 659. The van der Waals surface area contributed by atoms with Crippen molar-refractivity contribution < 1.29 is 14.4 Å². The molecule has 1 unspecified atom stereocenters. The second-order valence-corrected chi connectivity index (χ2v) is 6.88. The van der Waals surface area contributed by atoms with E-state index in [1.165, 1.54) is 0 Å². The van der Waals surface area contributed by atoms with E-state index < -0.39 is 5.60 Å². The van der Waals surface area contributed by atoms with Crippen LogP contribution in [0.3, 0.4) is 0 Å². The minimum Gasteiger partial charge on any atom is -0.389 e. The minimum absolute atomic E-state index is 0.208. The fourth-order valence-electron chi connectivity index (χ4n) is 2.46. The van der Waals surface area contributed by atoms with Gasteiger partial charge < -0.3 is 14.5 Å². The van der Waals surface area contributed by atoms with Gasteiger partial charge >= 0.3 is 0 Å². The summed E-state index contributed by atoms with van der Waals surface area (Å²) < 4.78 is 5.26. The zero-order valence-corrected chi connectivity index (χ0v) is 14.8. The lowest BCUT2D eigenvalue weighted by Gasteiger charge is -2.28. The molecule has 2 aromatic rings. The van der Waals surface area contributed by atoms with Crippen LogP contribution in [0.1, 0.15) is 61.8 Å². The van der Waals surface area contributed by atoms with E-state index in [9.17, 15) is 9.90 Å². The van der Waals surface area contributed by atoms with Gasteiger partial charge in [-0.2, -0.15) is 0 Å². The molecule has 0 aliphatic rings. The lowest BCUT2D eigenvalue weighted by atomic mass is 10.0. The lowest BCUT2D eigenvalue weighted by molar-refractivity contribution is 0.0259. The van der Waals surface area contributed by atoms with Crippen LogP contribution < -0.4 is 0 Å². The largest absolute Gasteiger partial charge is 0.389 e. The highest BCUT2D eigenvalue weighted by molar-refractivity contribution is 5.91. The van der Waals surface area contributed by atoms with Gasteiger partial charge in [0.05, 0.1) is 11.3 Å². The summed E-state index contributed by atoms with van der Waals surface area (Å²) >= 11 is 0. The Morgan fingerprint density at radius 2 is 2.00 bits per heavy atom. The zero-order valence-electron chi connectivity index (χ0n) is 14.8. The van der Waals surface area contributed by atoms with Crippen LogP contribution in [-0.2, 0) is 6.54 Å². The normalized spacial score (nSPS) is 12.9. The topological polar surface area (TPSA) is 66.6 Å². The van der Waals surface area contributed by atoms with Gasteiger partial charge in [0.2, 0.25) is 5.76 Å². The maximum absolute atomic E-state index is 12.8. The average molecular weight is 330 g/mol. The zero-order chi connectivity index (χ0) is 17.7. The fourth-order valence-corrected chi connectivity index (χ4v) is 2.46. The fraction of sp³-hybridized carbons (Fsp3) is 0.474. The molecule has 5 nitrogen and oxygen atoms in total. The molecule has 1 amide bonds. The Balaban J connectivity index is 2.22. The van der Waals surface area contributed by atoms with E-state index in [0.717, 1.165) is 17.7 Å². The Kier molecular flexibility index (Phi) is 5.78. The molecule has 5 heteroatoms. The molecule has 2 rings (SSSR count). The molecule has 0 saturated carbocycles. The quantitative estimate of drug-likeness (QED) is 0.842. The maximum Gasteiger partial charge on any atom is 0.292 e. The van der Waals surface area contributed by atoms with Crippen molar-refractivity contribution in [3.8, 4) is 0 Å². The molecule has 1 atom stereocenters. The molecule has 0 saturated heterocycles. The Morgan fingerprint density at radius 3 is 2.58 bits per heavy atom. The average Bonchev–Trinajstić information content (AvgIpc) is 3.02. The van der Waals surface area contributed by atoms with Gasteiger partial charge in [0.1, 0.15) is 0 Å². The third-order valence-electron chi connectivity index (χ3n) is 3.94. The van der Waals surface area contributed by atoms with Crippen LogP contribution in [0.15, 0.2) is 40.9 Å². The summed E-state index contributed by atoms with van der Waals surface area (Å²) in [6.07, 6.45) is 0.928. The molecule has 0 spiro atoms. The predicted octanol–water partition coefficient (Wildman–Crippen LogP) is 3.60. The van der Waals surface area contributed by atoms with Crippen molar-refractivity contribution in [1.82, 2.24) is 10.1 Å². The van der Waals surface area contributed by atoms with E-state index in [2.05, 4.69) is 12.1 Å². The summed E-state index contributed by atoms with van der Waals surface area (Å²) in [6.45, 7) is 8.09. The second-order valence-electron chi connectivity index (χ2n) is 6.88. The van der Waals surface area contributed by atoms with Crippen LogP contribution in [0.25, 0.3) is 0 Å². The van der Waals surface area contributed by atoms with E-state index in [-0.39, 0.29) is 24.1 Å². The van der Waals surface area contributed by atoms with Crippen LogP contribution in [0, 0.1) is 0 Å². The molecule has 0 aliphatic carbocycles. The van der Waals surface area contributed by atoms with Gasteiger partial charge in [-0.25, -0.2) is 0 Å². The first-order valence-corrected chi connectivity index (χ1v) is 8.32. The number of carbonyl (C=O) groups excluding carboxylic acids is 1. The molecular formula is C19H26N2O3. The lowest BCUT2D eigenvalue weighted by Crippen LogP contribution is -2.41. The van der Waals surface area contributed by atoms with Crippen molar-refractivity contribution in [2.24, 2.45) is 0 Å². The Labute approximate surface area is 143 Å². The molecule has 1 aromatic carbocycles. The van der Waals surface area contributed by atoms with Crippen molar-refractivity contribution in [2.75, 3.05) is 6.54 Å². The van der Waals surface area contributed by atoms with Crippen LogP contribution in [0.2, 0.25) is 0 Å². The van der Waals surface area contributed by atoms with Crippen molar-refractivity contribution in [1.29, 1.82) is 0 Å². The summed E-state index contributed by atoms with van der Waals surface area (Å²) in [5, 5.41) is 14.2. The third-order valence-corrected chi connectivity index (χ3v) is 3.94. The van der Waals surface area contributed by atoms with Crippen LogP contribution in [0.5, 0.6) is 0 Å². The molecule has 0 fully saturated rings. The first kappa shape index (κ1) is 18.2. The van der Waals surface area contributed by atoms with E-state index >= 15 is 0 Å². The van der Waals surface area contributed by atoms with Crippen molar-refractivity contribution in [3.05, 3.63) is 53.4 Å². The first-order chi connectivity index (χ1) is 11.3. The van der Waals surface area contributed by atoms with Gasteiger partial charge in [-0.15, -0.1) is 0 Å². The van der Waals surface area contributed by atoms with Crippen LogP contribution in [0.4, 0.5) is 0 Å². The number of hydrogen-bond acceptors (Lipinski definition) is 4. The number of aliphatic hydroxyl groups is 1. The summed E-state index contributed by atoms with van der Waals surface area (Å²) in [6, 6.07) is 11.4. The molecule has 130 valence electrons. The number of carbonyl (C=O) groups is 1. The number of benzene rings is 1. The minimum atomic E-state index is -0.996. The van der Waals surface area contributed by atoms with E-state index in [4.69, 9.17) is 4.52 Å².